The van der Waals surface area contributed by atoms with Gasteiger partial charge in [0, 0.05) is 27.5 Å². The average molecular weight is 374 g/mol. The fourth-order valence-corrected chi connectivity index (χ4v) is 3.97. The van der Waals surface area contributed by atoms with Crippen molar-refractivity contribution in [2.45, 2.75) is 33.1 Å². The van der Waals surface area contributed by atoms with E-state index in [1.807, 2.05) is 13.0 Å². The third-order valence-electron chi connectivity index (χ3n) is 5.39. The molecule has 4 aromatic rings. The number of aromatic nitrogens is 2. The number of nitrogens with zero attached hydrogens (tertiary/aromatic N) is 1. The number of H-pyrrole nitrogens is 1. The highest BCUT2D eigenvalue weighted by molar-refractivity contribution is 6.01. The Labute approximate surface area is 165 Å². The van der Waals surface area contributed by atoms with Crippen LogP contribution in [0.25, 0.3) is 33.1 Å². The SMILES string of the molecule is COc1ccc(-c2[nH]c3ccc(C)cc3c2CCCCN)c2ccc(C)nc12. The van der Waals surface area contributed by atoms with E-state index in [2.05, 4.69) is 48.3 Å². The molecule has 2 heterocycles. The molecule has 0 aliphatic carbocycles. The van der Waals surface area contributed by atoms with Crippen LogP contribution in [0.4, 0.5) is 0 Å². The van der Waals surface area contributed by atoms with Crippen molar-refractivity contribution in [2.24, 2.45) is 5.73 Å². The number of rotatable bonds is 6. The van der Waals surface area contributed by atoms with Gasteiger partial charge < -0.3 is 15.5 Å². The molecule has 4 nitrogen and oxygen atoms in total. The van der Waals surface area contributed by atoms with Crippen molar-refractivity contribution in [1.82, 2.24) is 9.97 Å². The third-order valence-corrected chi connectivity index (χ3v) is 5.39. The number of unbranched alkanes of at least 4 members (excludes halogenated alkanes) is 1. The predicted octanol–water partition coefficient (Wildman–Crippen LogP) is 5.29. The van der Waals surface area contributed by atoms with Crippen LogP contribution in [0.15, 0.2) is 42.5 Å². The van der Waals surface area contributed by atoms with Crippen LogP contribution in [0.1, 0.15) is 29.7 Å². The molecule has 2 aromatic carbocycles. The largest absolute Gasteiger partial charge is 0.494 e. The number of pyridine rings is 1. The van der Waals surface area contributed by atoms with Crippen molar-refractivity contribution in [3.63, 3.8) is 0 Å². The summed E-state index contributed by atoms with van der Waals surface area (Å²) in [6.07, 6.45) is 3.11. The van der Waals surface area contributed by atoms with E-state index in [0.29, 0.717) is 0 Å². The molecule has 2 aromatic heterocycles. The lowest BCUT2D eigenvalue weighted by atomic mass is 9.97. The molecular formula is C24H27N3O. The van der Waals surface area contributed by atoms with Gasteiger partial charge in [-0.05, 0) is 75.5 Å². The van der Waals surface area contributed by atoms with Crippen LogP contribution >= 0.6 is 0 Å². The van der Waals surface area contributed by atoms with E-state index in [-0.39, 0.29) is 0 Å². The predicted molar refractivity (Wildman–Crippen MR) is 117 cm³/mol. The molecule has 0 amide bonds. The maximum absolute atomic E-state index is 5.74. The van der Waals surface area contributed by atoms with E-state index in [4.69, 9.17) is 15.5 Å². The topological polar surface area (TPSA) is 63.9 Å². The number of hydrogen-bond donors (Lipinski definition) is 2. The standard InChI is InChI=1S/C24H27N3O/c1-15-7-11-21-20(14-15)17(6-4-5-13-25)23(27-21)18-10-12-22(28-3)24-19(18)9-8-16(2)26-24/h7-12,14,27H,4-6,13,25H2,1-3H3. The van der Waals surface area contributed by atoms with E-state index in [9.17, 15) is 0 Å². The van der Waals surface area contributed by atoms with Crippen LogP contribution in [-0.2, 0) is 6.42 Å². The zero-order valence-electron chi connectivity index (χ0n) is 16.8. The number of aromatic amines is 1. The number of methoxy groups -OCH3 is 1. The van der Waals surface area contributed by atoms with Gasteiger partial charge in [0.2, 0.25) is 0 Å². The number of fused-ring (bicyclic) bond motifs is 2. The minimum atomic E-state index is 0.728. The minimum Gasteiger partial charge on any atom is -0.494 e. The Morgan fingerprint density at radius 1 is 1.00 bits per heavy atom. The van der Waals surface area contributed by atoms with Crippen LogP contribution in [0, 0.1) is 13.8 Å². The van der Waals surface area contributed by atoms with Crippen LogP contribution in [0.3, 0.4) is 0 Å². The summed E-state index contributed by atoms with van der Waals surface area (Å²) in [5, 5.41) is 2.41. The molecule has 28 heavy (non-hydrogen) atoms. The van der Waals surface area contributed by atoms with Crippen LogP contribution in [0.5, 0.6) is 5.75 Å². The van der Waals surface area contributed by atoms with Gasteiger partial charge in [0.15, 0.2) is 0 Å². The molecule has 4 heteroatoms. The maximum Gasteiger partial charge on any atom is 0.145 e. The molecule has 0 radical (unpaired) electrons. The number of ether oxygens (including phenoxy) is 1. The smallest absolute Gasteiger partial charge is 0.145 e. The normalized spacial score (nSPS) is 11.4. The van der Waals surface area contributed by atoms with E-state index in [0.717, 1.165) is 48.2 Å². The molecule has 144 valence electrons. The lowest BCUT2D eigenvalue weighted by molar-refractivity contribution is 0.419. The van der Waals surface area contributed by atoms with Crippen molar-refractivity contribution < 1.29 is 4.74 Å². The lowest BCUT2D eigenvalue weighted by Gasteiger charge is -2.12. The second-order valence-electron chi connectivity index (χ2n) is 7.44. The Kier molecular flexibility index (Phi) is 5.05. The molecular weight excluding hydrogens is 346 g/mol. The van der Waals surface area contributed by atoms with Gasteiger partial charge in [-0.1, -0.05) is 17.7 Å². The minimum absolute atomic E-state index is 0.728. The number of hydrogen-bond acceptors (Lipinski definition) is 3. The summed E-state index contributed by atoms with van der Waals surface area (Å²) < 4.78 is 5.57. The van der Waals surface area contributed by atoms with Gasteiger partial charge in [0.25, 0.3) is 0 Å². The highest BCUT2D eigenvalue weighted by atomic mass is 16.5. The van der Waals surface area contributed by atoms with Crippen molar-refractivity contribution in [3.05, 3.63) is 59.3 Å². The molecule has 0 atom stereocenters. The van der Waals surface area contributed by atoms with Gasteiger partial charge in [0.05, 0.1) is 12.8 Å². The molecule has 0 bridgehead atoms. The molecule has 0 fully saturated rings. The van der Waals surface area contributed by atoms with Gasteiger partial charge in [0.1, 0.15) is 11.3 Å². The van der Waals surface area contributed by atoms with Crippen molar-refractivity contribution in [1.29, 1.82) is 0 Å². The van der Waals surface area contributed by atoms with E-state index in [1.165, 1.54) is 33.3 Å². The molecule has 0 saturated heterocycles. The molecule has 4 rings (SSSR count). The van der Waals surface area contributed by atoms with Crippen molar-refractivity contribution in [2.75, 3.05) is 13.7 Å². The first kappa shape index (κ1) is 18.5. The first-order valence-electron chi connectivity index (χ1n) is 9.88. The maximum atomic E-state index is 5.74. The second kappa shape index (κ2) is 7.64. The monoisotopic (exact) mass is 373 g/mol. The number of nitrogens with one attached hydrogen (secondary N) is 1. The molecule has 0 saturated carbocycles. The van der Waals surface area contributed by atoms with Crippen molar-refractivity contribution in [3.8, 4) is 17.0 Å². The Balaban J connectivity index is 1.97. The molecule has 0 spiro atoms. The third kappa shape index (κ3) is 3.25. The first-order valence-corrected chi connectivity index (χ1v) is 9.88. The second-order valence-corrected chi connectivity index (χ2v) is 7.44. The first-order chi connectivity index (χ1) is 13.6. The highest BCUT2D eigenvalue weighted by Crippen LogP contribution is 2.38. The lowest BCUT2D eigenvalue weighted by Crippen LogP contribution is -1.99. The summed E-state index contributed by atoms with van der Waals surface area (Å²) in [4.78, 5) is 8.43. The molecule has 0 unspecified atom stereocenters. The van der Waals surface area contributed by atoms with Gasteiger partial charge in [-0.15, -0.1) is 0 Å². The van der Waals surface area contributed by atoms with Gasteiger partial charge in [-0.2, -0.15) is 0 Å². The summed E-state index contributed by atoms with van der Waals surface area (Å²) in [6.45, 7) is 4.88. The van der Waals surface area contributed by atoms with Crippen molar-refractivity contribution >= 4 is 21.8 Å². The quantitative estimate of drug-likeness (QED) is 0.451. The highest BCUT2D eigenvalue weighted by Gasteiger charge is 2.17. The van der Waals surface area contributed by atoms with E-state index < -0.39 is 0 Å². The average Bonchev–Trinajstić information content (AvgIpc) is 3.04. The van der Waals surface area contributed by atoms with E-state index >= 15 is 0 Å². The van der Waals surface area contributed by atoms with Gasteiger partial charge in [-0.25, -0.2) is 4.98 Å². The zero-order valence-corrected chi connectivity index (χ0v) is 16.8. The Morgan fingerprint density at radius 2 is 1.86 bits per heavy atom. The fraction of sp³-hybridized carbons (Fsp3) is 0.292. The van der Waals surface area contributed by atoms with E-state index in [1.54, 1.807) is 7.11 Å². The fourth-order valence-electron chi connectivity index (χ4n) is 3.97. The number of aryl methyl sites for hydroxylation is 3. The summed E-state index contributed by atoms with van der Waals surface area (Å²) in [7, 11) is 1.70. The van der Waals surface area contributed by atoms with Gasteiger partial charge in [-0.3, -0.25) is 0 Å². The molecule has 3 N–H and O–H groups in total. The number of benzene rings is 2. The summed E-state index contributed by atoms with van der Waals surface area (Å²) >= 11 is 0. The molecule has 0 aliphatic heterocycles. The van der Waals surface area contributed by atoms with Crippen LogP contribution < -0.4 is 10.5 Å². The van der Waals surface area contributed by atoms with Gasteiger partial charge >= 0.3 is 0 Å². The molecule has 0 aliphatic rings. The summed E-state index contributed by atoms with van der Waals surface area (Å²) in [5.41, 5.74) is 13.8. The summed E-state index contributed by atoms with van der Waals surface area (Å²) in [6, 6.07) is 15.0. The number of nitrogens with two attached hydrogens (primary N) is 1. The Hall–Kier alpha value is -2.85. The Bertz CT molecular complexity index is 1140. The summed E-state index contributed by atoms with van der Waals surface area (Å²) in [5.74, 6) is 0.805. The zero-order chi connectivity index (χ0) is 19.7. The Morgan fingerprint density at radius 3 is 2.64 bits per heavy atom. The van der Waals surface area contributed by atoms with Crippen LogP contribution in [0.2, 0.25) is 0 Å². The van der Waals surface area contributed by atoms with Crippen LogP contribution in [-0.4, -0.2) is 23.6 Å².